The molecule has 0 aromatic carbocycles. The van der Waals surface area contributed by atoms with Crippen LogP contribution in [0.25, 0.3) is 0 Å². The van der Waals surface area contributed by atoms with E-state index in [1.807, 2.05) is 0 Å². The summed E-state index contributed by atoms with van der Waals surface area (Å²) in [5.41, 5.74) is 10.4. The molecular formula is C15H26N4O7. The van der Waals surface area contributed by atoms with Gasteiger partial charge in [-0.15, -0.1) is 0 Å². The molecule has 0 rings (SSSR count). The average molecular weight is 374 g/mol. The maximum atomic E-state index is 12.4. The molecular weight excluding hydrogens is 348 g/mol. The van der Waals surface area contributed by atoms with Crippen LogP contribution in [-0.4, -0.2) is 58.0 Å². The fourth-order valence-electron chi connectivity index (χ4n) is 2.08. The lowest BCUT2D eigenvalue weighted by Crippen LogP contribution is -2.55. The third-order valence-corrected chi connectivity index (χ3v) is 3.37. The fraction of sp³-hybridized carbons (Fsp3) is 0.667. The van der Waals surface area contributed by atoms with Gasteiger partial charge in [0.05, 0.1) is 12.5 Å². The Morgan fingerprint density at radius 2 is 1.50 bits per heavy atom. The lowest BCUT2D eigenvalue weighted by molar-refractivity contribution is -0.143. The predicted octanol–water partition coefficient (Wildman–Crippen LogP) is -1.85. The number of carbonyl (C=O) groups is 5. The molecule has 0 aliphatic rings. The number of nitrogens with one attached hydrogen (secondary N) is 2. The molecule has 8 N–H and O–H groups in total. The molecule has 0 bridgehead atoms. The molecule has 0 saturated heterocycles. The summed E-state index contributed by atoms with van der Waals surface area (Å²) in [6, 6.07) is -3.80. The van der Waals surface area contributed by atoms with Crippen LogP contribution in [-0.2, 0) is 24.0 Å². The van der Waals surface area contributed by atoms with Crippen LogP contribution in [0.15, 0.2) is 0 Å². The van der Waals surface area contributed by atoms with Gasteiger partial charge in [-0.2, -0.15) is 0 Å². The first kappa shape index (κ1) is 23.3. The van der Waals surface area contributed by atoms with Crippen molar-refractivity contribution in [2.24, 2.45) is 17.4 Å². The molecule has 0 saturated carbocycles. The van der Waals surface area contributed by atoms with E-state index in [2.05, 4.69) is 10.6 Å². The molecule has 3 unspecified atom stereocenters. The molecule has 26 heavy (non-hydrogen) atoms. The Labute approximate surface area is 150 Å². The summed E-state index contributed by atoms with van der Waals surface area (Å²) in [6.45, 7) is 3.57. The van der Waals surface area contributed by atoms with Gasteiger partial charge in [-0.05, 0) is 18.8 Å². The van der Waals surface area contributed by atoms with Gasteiger partial charge in [0.25, 0.3) is 0 Å². The summed E-state index contributed by atoms with van der Waals surface area (Å²) in [6.07, 6.45) is -0.864. The number of carbonyl (C=O) groups excluding carboxylic acids is 3. The lowest BCUT2D eigenvalue weighted by atomic mass is 10.0. The van der Waals surface area contributed by atoms with Crippen molar-refractivity contribution in [3.05, 3.63) is 0 Å². The van der Waals surface area contributed by atoms with Crippen molar-refractivity contribution in [2.45, 2.75) is 57.7 Å². The second kappa shape index (κ2) is 11.0. The number of carboxylic acids is 2. The van der Waals surface area contributed by atoms with E-state index in [0.717, 1.165) is 0 Å². The minimum absolute atomic E-state index is 0.0318. The Kier molecular flexibility index (Phi) is 9.89. The van der Waals surface area contributed by atoms with Crippen LogP contribution in [0.2, 0.25) is 0 Å². The van der Waals surface area contributed by atoms with E-state index in [1.54, 1.807) is 13.8 Å². The third kappa shape index (κ3) is 9.57. The van der Waals surface area contributed by atoms with Crippen LogP contribution in [0.3, 0.4) is 0 Å². The summed E-state index contributed by atoms with van der Waals surface area (Å²) in [7, 11) is 0. The van der Waals surface area contributed by atoms with E-state index in [1.165, 1.54) is 0 Å². The van der Waals surface area contributed by atoms with Crippen LogP contribution in [0, 0.1) is 5.92 Å². The number of amides is 3. The molecule has 0 aliphatic carbocycles. The van der Waals surface area contributed by atoms with Gasteiger partial charge in [0, 0.05) is 6.42 Å². The first-order chi connectivity index (χ1) is 11.9. The quantitative estimate of drug-likeness (QED) is 0.228. The molecule has 148 valence electrons. The number of primary amides is 1. The molecule has 11 nitrogen and oxygen atoms in total. The first-order valence-corrected chi connectivity index (χ1v) is 8.03. The molecule has 0 fully saturated rings. The smallest absolute Gasteiger partial charge is 0.326 e. The summed E-state index contributed by atoms with van der Waals surface area (Å²) >= 11 is 0. The zero-order valence-corrected chi connectivity index (χ0v) is 14.7. The molecule has 0 radical (unpaired) electrons. The highest BCUT2D eigenvalue weighted by atomic mass is 16.4. The average Bonchev–Trinajstić information content (AvgIpc) is 2.48. The third-order valence-electron chi connectivity index (χ3n) is 3.37. The van der Waals surface area contributed by atoms with Gasteiger partial charge in [-0.3, -0.25) is 19.2 Å². The number of rotatable bonds is 12. The van der Waals surface area contributed by atoms with Crippen molar-refractivity contribution < 1.29 is 34.2 Å². The maximum Gasteiger partial charge on any atom is 0.326 e. The normalized spacial score (nSPS) is 14.2. The second-order valence-corrected chi connectivity index (χ2v) is 6.30. The minimum Gasteiger partial charge on any atom is -0.481 e. The van der Waals surface area contributed by atoms with Crippen LogP contribution < -0.4 is 22.1 Å². The Hall–Kier alpha value is -2.69. The van der Waals surface area contributed by atoms with Crippen LogP contribution in [0.5, 0.6) is 0 Å². The van der Waals surface area contributed by atoms with Gasteiger partial charge in [0.15, 0.2) is 0 Å². The van der Waals surface area contributed by atoms with Crippen molar-refractivity contribution in [1.29, 1.82) is 0 Å². The summed E-state index contributed by atoms with van der Waals surface area (Å²) < 4.78 is 0. The standard InChI is InChI=1S/C15H26N4O7/c1-7(2)5-10(19-13(23)8(16)6-12(21)22)14(24)18-9(15(25)26)3-4-11(17)20/h7-10H,3-6,16H2,1-2H3,(H2,17,20)(H,18,24)(H,19,23)(H,21,22)(H,25,26). The van der Waals surface area contributed by atoms with Gasteiger partial charge in [-0.25, -0.2) is 4.79 Å². The van der Waals surface area contributed by atoms with Gasteiger partial charge in [0.1, 0.15) is 12.1 Å². The van der Waals surface area contributed by atoms with Crippen molar-refractivity contribution in [1.82, 2.24) is 10.6 Å². The van der Waals surface area contributed by atoms with Gasteiger partial charge in [-0.1, -0.05) is 13.8 Å². The summed E-state index contributed by atoms with van der Waals surface area (Å²) in [4.78, 5) is 56.9. The Morgan fingerprint density at radius 1 is 0.962 bits per heavy atom. The first-order valence-electron chi connectivity index (χ1n) is 8.03. The van der Waals surface area contributed by atoms with Crippen molar-refractivity contribution in [3.63, 3.8) is 0 Å². The molecule has 3 amide bonds. The largest absolute Gasteiger partial charge is 0.481 e. The topological polar surface area (TPSA) is 202 Å². The van der Waals surface area contributed by atoms with E-state index in [4.69, 9.17) is 21.7 Å². The Balaban J connectivity index is 5.05. The SMILES string of the molecule is CC(C)CC(NC(=O)C(N)CC(=O)O)C(=O)NC(CCC(N)=O)C(=O)O. The number of nitrogens with two attached hydrogens (primary N) is 2. The van der Waals surface area contributed by atoms with Gasteiger partial charge in [0.2, 0.25) is 17.7 Å². The Bertz CT molecular complexity index is 550. The van der Waals surface area contributed by atoms with Crippen LogP contribution >= 0.6 is 0 Å². The highest BCUT2D eigenvalue weighted by Gasteiger charge is 2.29. The highest BCUT2D eigenvalue weighted by molar-refractivity contribution is 5.93. The maximum absolute atomic E-state index is 12.4. The molecule has 0 aromatic rings. The molecule has 0 aromatic heterocycles. The molecule has 3 atom stereocenters. The summed E-state index contributed by atoms with van der Waals surface area (Å²) in [5, 5.41) is 22.4. The number of hydrogen-bond acceptors (Lipinski definition) is 6. The molecule has 11 heteroatoms. The molecule has 0 spiro atoms. The minimum atomic E-state index is -1.35. The lowest BCUT2D eigenvalue weighted by Gasteiger charge is -2.23. The van der Waals surface area contributed by atoms with Gasteiger partial charge >= 0.3 is 11.9 Å². The summed E-state index contributed by atoms with van der Waals surface area (Å²) in [5.74, 6) is -4.97. The van der Waals surface area contributed by atoms with Crippen molar-refractivity contribution in [2.75, 3.05) is 0 Å². The van der Waals surface area contributed by atoms with E-state index in [0.29, 0.717) is 0 Å². The van der Waals surface area contributed by atoms with Crippen LogP contribution in [0.1, 0.15) is 39.5 Å². The predicted molar refractivity (Wildman–Crippen MR) is 89.6 cm³/mol. The molecule has 0 aliphatic heterocycles. The number of carboxylic acid groups (broad SMARTS) is 2. The van der Waals surface area contributed by atoms with E-state index >= 15 is 0 Å². The monoisotopic (exact) mass is 374 g/mol. The van der Waals surface area contributed by atoms with E-state index < -0.39 is 54.2 Å². The molecule has 0 heterocycles. The number of aliphatic carboxylic acids is 2. The van der Waals surface area contributed by atoms with E-state index in [-0.39, 0.29) is 25.2 Å². The Morgan fingerprint density at radius 3 is 1.92 bits per heavy atom. The zero-order valence-electron chi connectivity index (χ0n) is 14.7. The second-order valence-electron chi connectivity index (χ2n) is 6.30. The van der Waals surface area contributed by atoms with Crippen molar-refractivity contribution in [3.8, 4) is 0 Å². The fourth-order valence-corrected chi connectivity index (χ4v) is 2.08. The van der Waals surface area contributed by atoms with Crippen LogP contribution in [0.4, 0.5) is 0 Å². The number of hydrogen-bond donors (Lipinski definition) is 6. The van der Waals surface area contributed by atoms with E-state index in [9.17, 15) is 24.0 Å². The van der Waals surface area contributed by atoms with Crippen molar-refractivity contribution >= 4 is 29.7 Å². The highest BCUT2D eigenvalue weighted by Crippen LogP contribution is 2.07. The van der Waals surface area contributed by atoms with Gasteiger partial charge < -0.3 is 32.3 Å². The zero-order chi connectivity index (χ0) is 20.4.